The molecule has 25 heavy (non-hydrogen) atoms. The number of halogens is 3. The number of rotatable bonds is 6. The maximum atomic E-state index is 12.7. The maximum Gasteiger partial charge on any atom is 0.389 e. The number of aliphatic hydroxyl groups is 1. The van der Waals surface area contributed by atoms with Gasteiger partial charge in [0, 0.05) is 19.0 Å². The van der Waals surface area contributed by atoms with Gasteiger partial charge >= 0.3 is 6.18 Å². The molecule has 0 aromatic heterocycles. The van der Waals surface area contributed by atoms with Gasteiger partial charge in [-0.3, -0.25) is 0 Å². The molecular weight excluding hydrogens is 333 g/mol. The average Bonchev–Trinajstić information content (AvgIpc) is 2.97. The molecule has 3 rings (SSSR count). The highest BCUT2D eigenvalue weighted by Gasteiger charge is 2.53. The number of hydrogen-bond acceptors (Lipinski definition) is 4. The minimum Gasteiger partial charge on any atom is -0.374 e. The van der Waals surface area contributed by atoms with Crippen molar-refractivity contribution in [1.82, 2.24) is 10.0 Å². The lowest BCUT2D eigenvalue weighted by atomic mass is 9.93. The summed E-state index contributed by atoms with van der Waals surface area (Å²) in [7, 11) is 0. The van der Waals surface area contributed by atoms with Gasteiger partial charge in [0.1, 0.15) is 12.3 Å². The van der Waals surface area contributed by atoms with Crippen molar-refractivity contribution in [1.29, 1.82) is 0 Å². The molecule has 2 unspecified atom stereocenters. The number of aliphatic hydroxyl groups excluding tert-OH is 1. The Morgan fingerprint density at radius 2 is 1.96 bits per heavy atom. The molecule has 2 heterocycles. The Balaban J connectivity index is 1.65. The third-order valence-corrected chi connectivity index (χ3v) is 5.11. The molecule has 140 valence electrons. The van der Waals surface area contributed by atoms with Crippen molar-refractivity contribution in [3.8, 4) is 0 Å². The third-order valence-electron chi connectivity index (χ3n) is 5.11. The number of ether oxygens (including phenoxy) is 1. The van der Waals surface area contributed by atoms with Gasteiger partial charge in [-0.05, 0) is 31.7 Å². The van der Waals surface area contributed by atoms with Crippen LogP contribution >= 0.6 is 0 Å². The molecule has 0 saturated carbocycles. The van der Waals surface area contributed by atoms with E-state index in [9.17, 15) is 18.3 Å². The molecule has 1 aromatic carbocycles. The second-order valence-corrected chi connectivity index (χ2v) is 6.93. The summed E-state index contributed by atoms with van der Waals surface area (Å²) in [4.78, 5) is 0. The summed E-state index contributed by atoms with van der Waals surface area (Å²) in [5.74, 6) is 0. The van der Waals surface area contributed by atoms with Crippen molar-refractivity contribution in [3.05, 3.63) is 35.9 Å². The molecule has 4 nitrogen and oxygen atoms in total. The average molecular weight is 358 g/mol. The number of alkyl halides is 3. The second kappa shape index (κ2) is 7.61. The minimum absolute atomic E-state index is 0.0662. The van der Waals surface area contributed by atoms with Crippen LogP contribution in [0.25, 0.3) is 0 Å². The number of hydrazine groups is 1. The van der Waals surface area contributed by atoms with Gasteiger partial charge in [0.2, 0.25) is 0 Å². The monoisotopic (exact) mass is 358 g/mol. The summed E-state index contributed by atoms with van der Waals surface area (Å²) in [6, 6.07) is 9.25. The van der Waals surface area contributed by atoms with Crippen LogP contribution in [0.5, 0.6) is 0 Å². The first-order valence-corrected chi connectivity index (χ1v) is 8.82. The van der Waals surface area contributed by atoms with Crippen LogP contribution in [0.15, 0.2) is 30.3 Å². The van der Waals surface area contributed by atoms with E-state index >= 15 is 0 Å². The Labute approximate surface area is 146 Å². The van der Waals surface area contributed by atoms with Gasteiger partial charge in [-0.2, -0.15) is 13.2 Å². The van der Waals surface area contributed by atoms with Crippen LogP contribution in [0.2, 0.25) is 0 Å². The number of benzene rings is 1. The van der Waals surface area contributed by atoms with E-state index < -0.39 is 31.0 Å². The fraction of sp³-hybridized carbons (Fsp3) is 0.667. The van der Waals surface area contributed by atoms with Crippen LogP contribution in [0.3, 0.4) is 0 Å². The van der Waals surface area contributed by atoms with Crippen molar-refractivity contribution in [2.45, 2.75) is 69.8 Å². The highest BCUT2D eigenvalue weighted by molar-refractivity contribution is 5.13. The van der Waals surface area contributed by atoms with Gasteiger partial charge in [-0.1, -0.05) is 30.3 Å². The largest absolute Gasteiger partial charge is 0.389 e. The van der Waals surface area contributed by atoms with Gasteiger partial charge in [0.25, 0.3) is 0 Å². The lowest BCUT2D eigenvalue weighted by Crippen LogP contribution is -2.73. The van der Waals surface area contributed by atoms with Crippen LogP contribution in [-0.4, -0.2) is 52.3 Å². The van der Waals surface area contributed by atoms with E-state index in [2.05, 4.69) is 0 Å². The zero-order valence-electron chi connectivity index (χ0n) is 14.3. The molecule has 7 heteroatoms. The highest BCUT2D eigenvalue weighted by Crippen LogP contribution is 2.38. The summed E-state index contributed by atoms with van der Waals surface area (Å²) in [5.41, 5.74) is 0.942. The van der Waals surface area contributed by atoms with E-state index in [1.807, 2.05) is 42.3 Å². The summed E-state index contributed by atoms with van der Waals surface area (Å²) >= 11 is 0. The van der Waals surface area contributed by atoms with Crippen molar-refractivity contribution >= 4 is 0 Å². The van der Waals surface area contributed by atoms with Gasteiger partial charge in [0.05, 0.1) is 12.6 Å². The molecule has 1 aromatic rings. The lowest BCUT2D eigenvalue weighted by molar-refractivity contribution is -0.316. The van der Waals surface area contributed by atoms with Crippen molar-refractivity contribution in [2.75, 3.05) is 6.54 Å². The van der Waals surface area contributed by atoms with Gasteiger partial charge < -0.3 is 9.84 Å². The zero-order chi connectivity index (χ0) is 18.0. The first-order chi connectivity index (χ1) is 11.9. The Kier molecular flexibility index (Phi) is 5.68. The summed E-state index contributed by atoms with van der Waals surface area (Å²) in [5, 5.41) is 14.2. The van der Waals surface area contributed by atoms with Gasteiger partial charge in [0.15, 0.2) is 0 Å². The first kappa shape index (κ1) is 18.6. The fourth-order valence-electron chi connectivity index (χ4n) is 3.77. The predicted octanol–water partition coefficient (Wildman–Crippen LogP) is 3.32. The Morgan fingerprint density at radius 1 is 1.24 bits per heavy atom. The van der Waals surface area contributed by atoms with Crippen molar-refractivity contribution in [3.63, 3.8) is 0 Å². The van der Waals surface area contributed by atoms with E-state index in [-0.39, 0.29) is 19.1 Å². The van der Waals surface area contributed by atoms with E-state index in [1.54, 1.807) is 5.01 Å². The molecule has 4 atom stereocenters. The predicted molar refractivity (Wildman–Crippen MR) is 87.3 cm³/mol. The number of hydrogen-bond donors (Lipinski definition) is 1. The Hall–Kier alpha value is -1.15. The molecule has 0 radical (unpaired) electrons. The van der Waals surface area contributed by atoms with E-state index in [4.69, 9.17) is 4.74 Å². The van der Waals surface area contributed by atoms with Crippen LogP contribution in [-0.2, 0) is 11.3 Å². The molecule has 2 aliphatic heterocycles. The number of nitrogens with zero attached hydrogens (tertiary/aromatic N) is 2. The smallest absolute Gasteiger partial charge is 0.374 e. The van der Waals surface area contributed by atoms with E-state index in [0.29, 0.717) is 0 Å². The normalized spacial score (nSPS) is 31.2. The quantitative estimate of drug-likeness (QED) is 0.846. The van der Waals surface area contributed by atoms with E-state index in [1.165, 1.54) is 0 Å². The molecule has 2 aliphatic rings. The Morgan fingerprint density at radius 3 is 2.56 bits per heavy atom. The highest BCUT2D eigenvalue weighted by atomic mass is 19.4. The molecular formula is C18H25F3N2O2. The minimum atomic E-state index is -4.20. The van der Waals surface area contributed by atoms with Crippen LogP contribution in [0.4, 0.5) is 13.2 Å². The van der Waals surface area contributed by atoms with Crippen LogP contribution in [0.1, 0.15) is 38.2 Å². The molecule has 1 N–H and O–H groups in total. The second-order valence-electron chi connectivity index (χ2n) is 6.93. The molecule has 0 bridgehead atoms. The van der Waals surface area contributed by atoms with Gasteiger partial charge in [-0.15, -0.1) is 0 Å². The van der Waals surface area contributed by atoms with Crippen molar-refractivity contribution in [2.24, 2.45) is 0 Å². The zero-order valence-corrected chi connectivity index (χ0v) is 14.3. The summed E-state index contributed by atoms with van der Waals surface area (Å²) in [6.45, 7) is 3.10. The topological polar surface area (TPSA) is 35.9 Å². The molecule has 2 fully saturated rings. The molecule has 2 saturated heterocycles. The maximum absolute atomic E-state index is 12.7. The molecule has 0 amide bonds. The first-order valence-electron chi connectivity index (χ1n) is 8.82. The van der Waals surface area contributed by atoms with E-state index in [0.717, 1.165) is 24.9 Å². The lowest BCUT2D eigenvalue weighted by Gasteiger charge is -2.56. The standard InChI is InChI=1S/C18H25F3N2O2/c1-13-6-5-11-22(13)23-15(9-10-18(19,20)21)16(17(23)24)25-12-14-7-3-2-4-8-14/h2-4,7-8,13,15-17,24H,5-6,9-12H2,1H3/t13?,15-,16+,17?/m0/s1. The van der Waals surface area contributed by atoms with Crippen molar-refractivity contribution < 1.29 is 23.0 Å². The SMILES string of the molecule is CC1CCCN1N1C(O)[C@H](OCc2ccccc2)[C@@H]1CCC(F)(F)F. The summed E-state index contributed by atoms with van der Waals surface area (Å²) in [6.07, 6.45) is -4.64. The molecule has 0 aliphatic carbocycles. The fourth-order valence-corrected chi connectivity index (χ4v) is 3.77. The Bertz CT molecular complexity index is 555. The van der Waals surface area contributed by atoms with Crippen LogP contribution in [0, 0.1) is 0 Å². The molecule has 0 spiro atoms. The van der Waals surface area contributed by atoms with Crippen LogP contribution < -0.4 is 0 Å². The summed E-state index contributed by atoms with van der Waals surface area (Å²) < 4.78 is 43.9. The van der Waals surface area contributed by atoms with Gasteiger partial charge in [-0.25, -0.2) is 10.0 Å². The third kappa shape index (κ3) is 4.34.